The number of rotatable bonds is 6. The number of pyridine rings is 1. The number of fused-ring (bicyclic) bond motifs is 1. The first kappa shape index (κ1) is 24.3. The fraction of sp³-hybridized carbons (Fsp3) is 0.250. The molecule has 0 bridgehead atoms. The summed E-state index contributed by atoms with van der Waals surface area (Å²) in [6.45, 7) is 2.01. The van der Waals surface area contributed by atoms with Crippen LogP contribution in [0.15, 0.2) is 64.0 Å². The molecule has 3 heterocycles. The molecule has 5 rings (SSSR count). The van der Waals surface area contributed by atoms with E-state index >= 15 is 0 Å². The van der Waals surface area contributed by atoms with Gasteiger partial charge in [0, 0.05) is 62.3 Å². The van der Waals surface area contributed by atoms with E-state index in [-0.39, 0.29) is 18.1 Å². The third-order valence-electron chi connectivity index (χ3n) is 6.67. The van der Waals surface area contributed by atoms with Crippen molar-refractivity contribution in [3.05, 3.63) is 87.5 Å². The normalized spacial score (nSPS) is 13.0. The molecule has 0 unspecified atom stereocenters. The van der Waals surface area contributed by atoms with Crippen molar-refractivity contribution in [3.8, 4) is 11.1 Å². The Hall–Kier alpha value is -4.37. The van der Waals surface area contributed by atoms with Crippen LogP contribution in [-0.4, -0.2) is 41.4 Å². The van der Waals surface area contributed by atoms with Crippen LogP contribution in [0.25, 0.3) is 11.1 Å². The van der Waals surface area contributed by atoms with E-state index in [1.165, 1.54) is 4.57 Å². The van der Waals surface area contributed by atoms with Crippen molar-refractivity contribution in [1.82, 2.24) is 9.72 Å². The quantitative estimate of drug-likeness (QED) is 0.415. The van der Waals surface area contributed by atoms with Crippen LogP contribution in [0, 0.1) is 6.92 Å². The molecule has 4 aromatic rings. The zero-order chi connectivity index (χ0) is 26.3. The van der Waals surface area contributed by atoms with Gasteiger partial charge in [0.2, 0.25) is 0 Å². The molecule has 0 spiro atoms. The molecule has 2 aromatic heterocycles. The minimum atomic E-state index is -0.268. The summed E-state index contributed by atoms with van der Waals surface area (Å²) >= 11 is 0. The number of nitrogens with one attached hydrogen (secondary N) is 1. The van der Waals surface area contributed by atoms with E-state index in [4.69, 9.17) is 4.52 Å². The van der Waals surface area contributed by atoms with Crippen molar-refractivity contribution >= 4 is 28.8 Å². The Kier molecular flexibility index (Phi) is 6.31. The van der Waals surface area contributed by atoms with E-state index in [9.17, 15) is 14.7 Å². The number of anilines is 4. The lowest BCUT2D eigenvalue weighted by Gasteiger charge is -2.31. The summed E-state index contributed by atoms with van der Waals surface area (Å²) in [5, 5.41) is 17.4. The number of nitrogens with zero attached hydrogens (tertiary/aromatic N) is 4. The molecule has 9 nitrogen and oxygen atoms in total. The Labute approximate surface area is 214 Å². The van der Waals surface area contributed by atoms with Crippen LogP contribution < -0.4 is 20.7 Å². The Morgan fingerprint density at radius 3 is 2.62 bits per heavy atom. The molecule has 0 atom stereocenters. The second-order valence-electron chi connectivity index (χ2n) is 9.41. The monoisotopic (exact) mass is 499 g/mol. The smallest absolute Gasteiger partial charge is 0.274 e. The Bertz CT molecular complexity index is 1550. The number of carbonyl (C=O) groups is 1. The summed E-state index contributed by atoms with van der Waals surface area (Å²) in [6, 6.07) is 14.9. The molecular formula is C28H29N5O4. The molecule has 2 N–H and O–H groups in total. The average molecular weight is 500 g/mol. The maximum Gasteiger partial charge on any atom is 0.274 e. The Morgan fingerprint density at radius 2 is 1.92 bits per heavy atom. The second kappa shape index (κ2) is 9.59. The molecule has 1 amide bonds. The van der Waals surface area contributed by atoms with Gasteiger partial charge in [-0.2, -0.15) is 0 Å². The van der Waals surface area contributed by atoms with E-state index in [1.54, 1.807) is 37.2 Å². The zero-order valence-corrected chi connectivity index (χ0v) is 21.3. The molecule has 0 saturated heterocycles. The molecule has 37 heavy (non-hydrogen) atoms. The number of benzene rings is 2. The minimum Gasteiger partial charge on any atom is -0.392 e. The number of aryl methyl sites for hydroxylation is 2. The molecule has 0 radical (unpaired) electrons. The summed E-state index contributed by atoms with van der Waals surface area (Å²) in [5.41, 5.74) is 5.56. The van der Waals surface area contributed by atoms with E-state index in [1.807, 2.05) is 49.3 Å². The molecule has 0 aliphatic carbocycles. The molecule has 190 valence electrons. The second-order valence-corrected chi connectivity index (χ2v) is 9.41. The van der Waals surface area contributed by atoms with E-state index in [0.717, 1.165) is 22.4 Å². The van der Waals surface area contributed by atoms with Gasteiger partial charge in [0.05, 0.1) is 12.3 Å². The third kappa shape index (κ3) is 4.49. The number of aliphatic hydroxyl groups excluding tert-OH is 1. The molecule has 1 aliphatic rings. The number of aromatic nitrogens is 2. The first-order chi connectivity index (χ1) is 17.8. The molecule has 0 saturated carbocycles. The van der Waals surface area contributed by atoms with Gasteiger partial charge >= 0.3 is 0 Å². The Balaban J connectivity index is 1.54. The zero-order valence-electron chi connectivity index (χ0n) is 21.3. The lowest BCUT2D eigenvalue weighted by Crippen LogP contribution is -2.38. The highest BCUT2D eigenvalue weighted by atomic mass is 16.5. The highest BCUT2D eigenvalue weighted by Gasteiger charge is 2.28. The molecule has 0 fully saturated rings. The van der Waals surface area contributed by atoms with Crippen molar-refractivity contribution in [2.45, 2.75) is 20.0 Å². The average Bonchev–Trinajstić information content (AvgIpc) is 3.30. The highest BCUT2D eigenvalue weighted by molar-refractivity contribution is 6.09. The van der Waals surface area contributed by atoms with Crippen molar-refractivity contribution in [2.24, 2.45) is 7.05 Å². The van der Waals surface area contributed by atoms with Crippen LogP contribution in [0.2, 0.25) is 0 Å². The maximum atomic E-state index is 13.5. The van der Waals surface area contributed by atoms with E-state index in [0.29, 0.717) is 47.0 Å². The summed E-state index contributed by atoms with van der Waals surface area (Å²) in [4.78, 5) is 30.1. The molecule has 2 aromatic carbocycles. The van der Waals surface area contributed by atoms with Gasteiger partial charge in [-0.15, -0.1) is 0 Å². The summed E-state index contributed by atoms with van der Waals surface area (Å²) in [7, 11) is 5.62. The van der Waals surface area contributed by atoms with Crippen LogP contribution in [-0.2, 0) is 20.1 Å². The number of aliphatic hydroxyl groups is 1. The van der Waals surface area contributed by atoms with Crippen molar-refractivity contribution in [3.63, 3.8) is 0 Å². The van der Waals surface area contributed by atoms with Crippen molar-refractivity contribution < 1.29 is 14.4 Å². The first-order valence-corrected chi connectivity index (χ1v) is 12.0. The summed E-state index contributed by atoms with van der Waals surface area (Å²) in [6.07, 6.45) is 2.43. The summed E-state index contributed by atoms with van der Waals surface area (Å²) < 4.78 is 6.58. The lowest BCUT2D eigenvalue weighted by atomic mass is 9.94. The van der Waals surface area contributed by atoms with Gasteiger partial charge in [-0.25, -0.2) is 0 Å². The predicted octanol–water partition coefficient (Wildman–Crippen LogP) is 3.85. The fourth-order valence-electron chi connectivity index (χ4n) is 4.76. The van der Waals surface area contributed by atoms with Gasteiger partial charge in [0.1, 0.15) is 11.4 Å². The van der Waals surface area contributed by atoms with Gasteiger partial charge in [0.15, 0.2) is 5.82 Å². The van der Waals surface area contributed by atoms with Crippen LogP contribution in [0.3, 0.4) is 0 Å². The number of hydrogen-bond donors (Lipinski definition) is 2. The summed E-state index contributed by atoms with van der Waals surface area (Å²) in [5.74, 6) is 0.956. The van der Waals surface area contributed by atoms with Crippen LogP contribution in [0.5, 0.6) is 0 Å². The van der Waals surface area contributed by atoms with Gasteiger partial charge in [0.25, 0.3) is 11.5 Å². The topological polar surface area (TPSA) is 104 Å². The number of hydrogen-bond acceptors (Lipinski definition) is 7. The van der Waals surface area contributed by atoms with Crippen LogP contribution in [0.1, 0.15) is 27.2 Å². The van der Waals surface area contributed by atoms with Gasteiger partial charge in [-0.1, -0.05) is 17.3 Å². The molecule has 9 heteroatoms. The van der Waals surface area contributed by atoms with E-state index in [2.05, 4.69) is 16.5 Å². The van der Waals surface area contributed by atoms with Gasteiger partial charge in [-0.3, -0.25) is 9.59 Å². The standard InChI is InChI=1S/C28H29N5O4/c1-17-12-26(30-37-17)29-24-14-19(15-32(4)28(24)36)21-6-5-7-25(23(21)16-34)33-11-10-18-13-20(31(2)3)8-9-22(18)27(33)35/h5-9,12-15,34H,10-11,16H2,1-4H3,(H,29,30). The number of carbonyl (C=O) groups excluding carboxylic acids is 1. The van der Waals surface area contributed by atoms with Crippen molar-refractivity contribution in [1.29, 1.82) is 0 Å². The maximum absolute atomic E-state index is 13.5. The van der Waals surface area contributed by atoms with Crippen LogP contribution >= 0.6 is 0 Å². The predicted molar refractivity (Wildman–Crippen MR) is 144 cm³/mol. The number of amides is 1. The molecule has 1 aliphatic heterocycles. The first-order valence-electron chi connectivity index (χ1n) is 12.0. The minimum absolute atomic E-state index is 0.0948. The van der Waals surface area contributed by atoms with Crippen molar-refractivity contribution in [2.75, 3.05) is 35.8 Å². The van der Waals surface area contributed by atoms with Gasteiger partial charge in [-0.05, 0) is 54.8 Å². The lowest BCUT2D eigenvalue weighted by molar-refractivity contribution is 0.0980. The fourth-order valence-corrected chi connectivity index (χ4v) is 4.76. The largest absolute Gasteiger partial charge is 0.392 e. The third-order valence-corrected chi connectivity index (χ3v) is 6.67. The van der Waals surface area contributed by atoms with Gasteiger partial charge < -0.3 is 29.3 Å². The SMILES string of the molecule is Cc1cc(Nc2cc(-c3cccc(N4CCc5cc(N(C)C)ccc5C4=O)c3CO)cn(C)c2=O)no1. The Morgan fingerprint density at radius 1 is 1.11 bits per heavy atom. The van der Waals surface area contributed by atoms with Crippen LogP contribution in [0.4, 0.5) is 22.9 Å². The van der Waals surface area contributed by atoms with E-state index < -0.39 is 0 Å². The molecular weight excluding hydrogens is 470 g/mol. The highest BCUT2D eigenvalue weighted by Crippen LogP contribution is 2.35.